The van der Waals surface area contributed by atoms with Crippen LogP contribution in [0.25, 0.3) is 82.1 Å². The number of hydrogen-bond donors (Lipinski definition) is 0. The molecule has 0 amide bonds. The topological polar surface area (TPSA) is 61.8 Å². The van der Waals surface area contributed by atoms with Crippen molar-refractivity contribution in [2.45, 2.75) is 0 Å². The van der Waals surface area contributed by atoms with Gasteiger partial charge in [0, 0.05) is 38.3 Å². The molecule has 0 spiro atoms. The van der Waals surface area contributed by atoms with E-state index in [9.17, 15) is 10.5 Å². The molecule has 0 aliphatic heterocycles. The summed E-state index contributed by atoms with van der Waals surface area (Å²) in [6.07, 6.45) is 0. The summed E-state index contributed by atoms with van der Waals surface area (Å²) in [6.45, 7) is 7.63. The van der Waals surface area contributed by atoms with E-state index in [2.05, 4.69) is 117 Å². The smallest absolute Gasteiger partial charge is 0.189 e. The molecule has 0 unspecified atom stereocenters. The highest BCUT2D eigenvalue weighted by Crippen LogP contribution is 2.42. The van der Waals surface area contributed by atoms with Crippen LogP contribution in [0.5, 0.6) is 0 Å². The number of fused-ring (bicyclic) bond motifs is 6. The Morgan fingerprint density at radius 2 is 1.16 bits per heavy atom. The third-order valence-electron chi connectivity index (χ3n) is 9.62. The summed E-state index contributed by atoms with van der Waals surface area (Å²) in [5.41, 5.74) is 11.6. The summed E-state index contributed by atoms with van der Waals surface area (Å²) in [6, 6.07) is 55.7. The van der Waals surface area contributed by atoms with Gasteiger partial charge < -0.3 is 9.13 Å². The van der Waals surface area contributed by atoms with Gasteiger partial charge in [-0.25, -0.2) is 4.85 Å². The molecule has 0 radical (unpaired) electrons. The van der Waals surface area contributed by atoms with Crippen molar-refractivity contribution >= 4 is 49.3 Å². The Labute approximate surface area is 288 Å². The van der Waals surface area contributed by atoms with Crippen molar-refractivity contribution in [3.8, 4) is 45.8 Å². The van der Waals surface area contributed by atoms with E-state index >= 15 is 0 Å². The van der Waals surface area contributed by atoms with Gasteiger partial charge in [0.2, 0.25) is 0 Å². The highest BCUT2D eigenvalue weighted by atomic mass is 15.0. The van der Waals surface area contributed by atoms with Crippen LogP contribution in [0.3, 0.4) is 0 Å². The number of aromatic nitrogens is 2. The largest absolute Gasteiger partial charge is 0.311 e. The third kappa shape index (κ3) is 4.31. The summed E-state index contributed by atoms with van der Waals surface area (Å²) < 4.78 is 4.43. The minimum absolute atomic E-state index is 0.558. The Morgan fingerprint density at radius 1 is 0.500 bits per heavy atom. The van der Waals surface area contributed by atoms with Crippen molar-refractivity contribution < 1.29 is 0 Å². The van der Waals surface area contributed by atoms with Gasteiger partial charge in [-0.1, -0.05) is 91.0 Å². The quantitative estimate of drug-likeness (QED) is 0.181. The number of benzene rings is 7. The van der Waals surface area contributed by atoms with Crippen LogP contribution in [0, 0.1) is 29.2 Å². The zero-order valence-corrected chi connectivity index (χ0v) is 26.7. The number of nitriles is 2. The lowest BCUT2D eigenvalue weighted by Crippen LogP contribution is -2.00. The van der Waals surface area contributed by atoms with Gasteiger partial charge in [-0.2, -0.15) is 10.5 Å². The highest BCUT2D eigenvalue weighted by molar-refractivity contribution is 6.11. The van der Waals surface area contributed by atoms with Crippen molar-refractivity contribution in [3.05, 3.63) is 174 Å². The van der Waals surface area contributed by atoms with Crippen LogP contribution in [-0.4, -0.2) is 9.13 Å². The van der Waals surface area contributed by atoms with Gasteiger partial charge in [-0.05, 0) is 77.4 Å². The molecule has 7 aromatic carbocycles. The van der Waals surface area contributed by atoms with Crippen LogP contribution >= 0.6 is 0 Å². The molecule has 9 aromatic rings. The van der Waals surface area contributed by atoms with E-state index < -0.39 is 0 Å². The van der Waals surface area contributed by atoms with Gasteiger partial charge in [0.25, 0.3) is 0 Å². The molecule has 0 aliphatic carbocycles. The van der Waals surface area contributed by atoms with E-state index in [1.165, 1.54) is 0 Å². The standard InChI is InChI=1S/C45H25N5/c1-48-32-20-23-37-39-25-29(27-46)17-24-42(39)49(44(37)26-32)33-21-18-30(19-22-33)34-10-2-3-13-38(34)45-31(28-47)9-8-16-43(45)50-40-14-6-4-11-35(40)36-12-5-7-15-41(36)50/h2-26H. The van der Waals surface area contributed by atoms with Crippen molar-refractivity contribution in [3.63, 3.8) is 0 Å². The van der Waals surface area contributed by atoms with E-state index in [1.807, 2.05) is 60.7 Å². The molecule has 230 valence electrons. The van der Waals surface area contributed by atoms with Crippen LogP contribution in [-0.2, 0) is 0 Å². The van der Waals surface area contributed by atoms with Crippen LogP contribution in [0.1, 0.15) is 11.1 Å². The fourth-order valence-electron chi connectivity index (χ4n) is 7.45. The summed E-state index contributed by atoms with van der Waals surface area (Å²) in [5.74, 6) is 0. The summed E-state index contributed by atoms with van der Waals surface area (Å²) in [7, 11) is 0. The monoisotopic (exact) mass is 635 g/mol. The van der Waals surface area contributed by atoms with E-state index in [0.717, 1.165) is 77.2 Å². The number of hydrogen-bond acceptors (Lipinski definition) is 2. The van der Waals surface area contributed by atoms with Crippen molar-refractivity contribution in [1.29, 1.82) is 10.5 Å². The number of rotatable bonds is 4. The lowest BCUT2D eigenvalue weighted by molar-refractivity contribution is 1.18. The maximum atomic E-state index is 10.5. The Hall–Kier alpha value is -7.39. The van der Waals surface area contributed by atoms with Crippen molar-refractivity contribution in [2.75, 3.05) is 0 Å². The molecule has 9 rings (SSSR count). The average molecular weight is 636 g/mol. The van der Waals surface area contributed by atoms with Crippen LogP contribution in [0.4, 0.5) is 5.69 Å². The van der Waals surface area contributed by atoms with E-state index in [4.69, 9.17) is 6.57 Å². The third-order valence-corrected chi connectivity index (χ3v) is 9.62. The fraction of sp³-hybridized carbons (Fsp3) is 0. The molecule has 0 saturated carbocycles. The van der Waals surface area contributed by atoms with E-state index in [0.29, 0.717) is 16.8 Å². The van der Waals surface area contributed by atoms with Crippen LogP contribution in [0.15, 0.2) is 152 Å². The molecular formula is C45H25N5. The Kier molecular flexibility index (Phi) is 6.56. The molecule has 0 aliphatic rings. The van der Waals surface area contributed by atoms with Crippen molar-refractivity contribution in [2.24, 2.45) is 0 Å². The minimum Gasteiger partial charge on any atom is -0.311 e. The van der Waals surface area contributed by atoms with Gasteiger partial charge in [-0.3, -0.25) is 0 Å². The maximum absolute atomic E-state index is 10.5. The first-order valence-electron chi connectivity index (χ1n) is 16.3. The molecule has 2 aromatic heterocycles. The summed E-state index contributed by atoms with van der Waals surface area (Å²) in [5, 5.41) is 24.4. The van der Waals surface area contributed by atoms with E-state index in [-0.39, 0.29) is 0 Å². The summed E-state index contributed by atoms with van der Waals surface area (Å²) in [4.78, 5) is 3.68. The minimum atomic E-state index is 0.558. The first-order valence-corrected chi connectivity index (χ1v) is 16.3. The SMILES string of the molecule is [C-]#[N+]c1ccc2c3cc(C#N)ccc3n(-c3ccc(-c4ccccc4-c4c(C#N)cccc4-n4c5ccccc5c5ccccc54)cc3)c2c1. The molecular weight excluding hydrogens is 611 g/mol. The predicted molar refractivity (Wildman–Crippen MR) is 202 cm³/mol. The molecule has 5 nitrogen and oxygen atoms in total. The molecule has 5 heteroatoms. The average Bonchev–Trinajstić information content (AvgIpc) is 3.69. The molecule has 0 fully saturated rings. The lowest BCUT2D eigenvalue weighted by Gasteiger charge is -2.18. The molecule has 2 heterocycles. The van der Waals surface area contributed by atoms with E-state index in [1.54, 1.807) is 0 Å². The van der Waals surface area contributed by atoms with Gasteiger partial charge in [0.1, 0.15) is 0 Å². The first-order chi connectivity index (χ1) is 24.7. The second-order valence-electron chi connectivity index (χ2n) is 12.3. The normalized spacial score (nSPS) is 11.1. The lowest BCUT2D eigenvalue weighted by atomic mass is 9.90. The molecule has 0 atom stereocenters. The van der Waals surface area contributed by atoms with Crippen LogP contribution in [0.2, 0.25) is 0 Å². The first kappa shape index (κ1) is 28.8. The highest BCUT2D eigenvalue weighted by Gasteiger charge is 2.20. The summed E-state index contributed by atoms with van der Waals surface area (Å²) >= 11 is 0. The maximum Gasteiger partial charge on any atom is 0.189 e. The Morgan fingerprint density at radius 3 is 1.86 bits per heavy atom. The molecule has 50 heavy (non-hydrogen) atoms. The molecule has 0 bridgehead atoms. The van der Waals surface area contributed by atoms with Gasteiger partial charge in [0.15, 0.2) is 5.69 Å². The zero-order chi connectivity index (χ0) is 33.8. The molecule has 0 saturated heterocycles. The Balaban J connectivity index is 1.24. The fourth-order valence-corrected chi connectivity index (χ4v) is 7.45. The van der Waals surface area contributed by atoms with Gasteiger partial charge >= 0.3 is 0 Å². The second kappa shape index (κ2) is 11.4. The Bertz CT molecular complexity index is 2900. The van der Waals surface area contributed by atoms with Crippen LogP contribution < -0.4 is 0 Å². The predicted octanol–water partition coefficient (Wildman–Crippen LogP) is 11.5. The van der Waals surface area contributed by atoms with Gasteiger partial charge in [-0.15, -0.1) is 0 Å². The number of nitrogens with zero attached hydrogens (tertiary/aromatic N) is 5. The molecule has 0 N–H and O–H groups in total. The number of para-hydroxylation sites is 2. The second-order valence-corrected chi connectivity index (χ2v) is 12.3. The zero-order valence-electron chi connectivity index (χ0n) is 26.7. The van der Waals surface area contributed by atoms with Gasteiger partial charge in [0.05, 0.1) is 52.1 Å². The van der Waals surface area contributed by atoms with Crippen molar-refractivity contribution in [1.82, 2.24) is 9.13 Å².